The Bertz CT molecular complexity index is 810. The molecule has 0 spiro atoms. The van der Waals surface area contributed by atoms with Crippen LogP contribution >= 0.6 is 24.0 Å². The lowest BCUT2D eigenvalue weighted by Crippen LogP contribution is -2.45. The van der Waals surface area contributed by atoms with E-state index in [2.05, 4.69) is 29.4 Å². The second-order valence-corrected chi connectivity index (χ2v) is 9.20. The minimum Gasteiger partial charge on any atom is -0.357 e. The van der Waals surface area contributed by atoms with Gasteiger partial charge < -0.3 is 10.2 Å². The van der Waals surface area contributed by atoms with E-state index in [9.17, 15) is 21.6 Å². The average Bonchev–Trinajstić information content (AvgIpc) is 2.66. The summed E-state index contributed by atoms with van der Waals surface area (Å²) in [5, 5.41) is 3.24. The lowest BCUT2D eigenvalue weighted by atomic mass is 9.98. The topological polar surface area (TPSA) is 65.0 Å². The van der Waals surface area contributed by atoms with Crippen molar-refractivity contribution in [3.05, 3.63) is 35.4 Å². The van der Waals surface area contributed by atoms with Gasteiger partial charge in [-0.1, -0.05) is 24.3 Å². The molecule has 1 aromatic rings. The Morgan fingerprint density at radius 3 is 2.40 bits per heavy atom. The van der Waals surface area contributed by atoms with E-state index in [1.54, 1.807) is 0 Å². The number of nitrogens with one attached hydrogen (secondary N) is 1. The molecule has 172 valence electrons. The zero-order valence-electron chi connectivity index (χ0n) is 17.4. The van der Waals surface area contributed by atoms with E-state index >= 15 is 0 Å². The predicted molar refractivity (Wildman–Crippen MR) is 123 cm³/mol. The van der Waals surface area contributed by atoms with Gasteiger partial charge in [0.05, 0.1) is 0 Å². The maximum atomic E-state index is 12.7. The van der Waals surface area contributed by atoms with Crippen molar-refractivity contribution in [2.24, 2.45) is 10.9 Å². The number of hydrogen-bond acceptors (Lipinski definition) is 3. The van der Waals surface area contributed by atoms with Crippen LogP contribution < -0.4 is 5.32 Å². The van der Waals surface area contributed by atoms with Crippen molar-refractivity contribution in [1.82, 2.24) is 14.5 Å². The standard InChI is InChI=1S/C19H29F3N4O2S.HI/c1-4-23-18(25(3)14-17-8-6-5-7-15(17)2)24-13-16-9-11-26(12-10-16)29(27,28)19(20,21)22;/h5-8,16H,4,9-14H2,1-3H3,(H,23,24);1H. The van der Waals surface area contributed by atoms with Crippen molar-refractivity contribution < 1.29 is 21.6 Å². The van der Waals surface area contributed by atoms with Gasteiger partial charge in [0, 0.05) is 39.8 Å². The molecule has 0 aliphatic carbocycles. The number of aliphatic imine (C=N–C) groups is 1. The highest BCUT2D eigenvalue weighted by Gasteiger charge is 2.50. The number of sulfonamides is 1. The maximum absolute atomic E-state index is 12.7. The largest absolute Gasteiger partial charge is 0.511 e. The number of guanidine groups is 1. The van der Waals surface area contributed by atoms with E-state index in [4.69, 9.17) is 0 Å². The van der Waals surface area contributed by atoms with E-state index in [1.807, 2.05) is 31.0 Å². The van der Waals surface area contributed by atoms with Gasteiger partial charge in [0.1, 0.15) is 0 Å². The smallest absolute Gasteiger partial charge is 0.357 e. The summed E-state index contributed by atoms with van der Waals surface area (Å²) in [6.07, 6.45) is 0.722. The molecule has 0 amide bonds. The number of alkyl halides is 3. The van der Waals surface area contributed by atoms with Crippen LogP contribution in [0, 0.1) is 12.8 Å². The van der Waals surface area contributed by atoms with Crippen LogP contribution in [0.4, 0.5) is 13.2 Å². The Morgan fingerprint density at radius 2 is 1.87 bits per heavy atom. The SMILES string of the molecule is CCNC(=NCC1CCN(S(=O)(=O)C(F)(F)F)CC1)N(C)Cc1ccccc1C.I. The van der Waals surface area contributed by atoms with Gasteiger partial charge in [0.15, 0.2) is 5.96 Å². The summed E-state index contributed by atoms with van der Waals surface area (Å²) in [4.78, 5) is 6.65. The molecule has 1 heterocycles. The van der Waals surface area contributed by atoms with Crippen LogP contribution in [0.15, 0.2) is 29.3 Å². The summed E-state index contributed by atoms with van der Waals surface area (Å²) >= 11 is 0. The van der Waals surface area contributed by atoms with E-state index < -0.39 is 15.5 Å². The van der Waals surface area contributed by atoms with Crippen LogP contribution in [0.25, 0.3) is 0 Å². The molecule has 0 radical (unpaired) electrons. The first-order valence-corrected chi connectivity index (χ1v) is 11.1. The fourth-order valence-electron chi connectivity index (χ4n) is 3.28. The Kier molecular flexibility index (Phi) is 10.3. The molecule has 0 atom stereocenters. The molecule has 1 aliphatic rings. The molecule has 1 N–H and O–H groups in total. The Labute approximate surface area is 194 Å². The molecule has 11 heteroatoms. The van der Waals surface area contributed by atoms with Crippen LogP contribution in [0.3, 0.4) is 0 Å². The monoisotopic (exact) mass is 562 g/mol. The summed E-state index contributed by atoms with van der Waals surface area (Å²) in [5.41, 5.74) is -2.87. The number of benzene rings is 1. The zero-order valence-corrected chi connectivity index (χ0v) is 20.6. The molecule has 0 unspecified atom stereocenters. The lowest BCUT2D eigenvalue weighted by Gasteiger charge is -2.31. The van der Waals surface area contributed by atoms with Crippen LogP contribution in [0.5, 0.6) is 0 Å². The first-order chi connectivity index (χ1) is 13.6. The van der Waals surface area contributed by atoms with E-state index in [0.29, 0.717) is 36.8 Å². The third kappa shape index (κ3) is 6.98. The molecule has 30 heavy (non-hydrogen) atoms. The summed E-state index contributed by atoms with van der Waals surface area (Å²) in [6.45, 7) is 5.59. The normalized spacial score (nSPS) is 16.8. The van der Waals surface area contributed by atoms with E-state index in [1.165, 1.54) is 11.1 Å². The molecular formula is C19H30F3IN4O2S. The lowest BCUT2D eigenvalue weighted by molar-refractivity contribution is -0.0496. The van der Waals surface area contributed by atoms with Crippen molar-refractivity contribution in [2.75, 3.05) is 33.2 Å². The summed E-state index contributed by atoms with van der Waals surface area (Å²) in [7, 11) is -3.30. The Hall–Kier alpha value is -1.08. The van der Waals surface area contributed by atoms with Crippen molar-refractivity contribution in [3.8, 4) is 0 Å². The first kappa shape index (κ1) is 27.0. The third-order valence-electron chi connectivity index (χ3n) is 5.07. The second-order valence-electron chi connectivity index (χ2n) is 7.27. The number of rotatable bonds is 6. The molecule has 1 saturated heterocycles. The predicted octanol–water partition coefficient (Wildman–Crippen LogP) is 3.57. The molecule has 1 aromatic carbocycles. The molecule has 2 rings (SSSR count). The number of halogens is 4. The van der Waals surface area contributed by atoms with Gasteiger partial charge in [-0.05, 0) is 43.7 Å². The van der Waals surface area contributed by atoms with Gasteiger partial charge in [-0.2, -0.15) is 17.5 Å². The van der Waals surface area contributed by atoms with Crippen LogP contribution in [0.2, 0.25) is 0 Å². The van der Waals surface area contributed by atoms with Crippen LogP contribution in [-0.2, 0) is 16.6 Å². The summed E-state index contributed by atoms with van der Waals surface area (Å²) in [6, 6.07) is 8.09. The highest BCUT2D eigenvalue weighted by molar-refractivity contribution is 14.0. The minimum atomic E-state index is -5.24. The highest BCUT2D eigenvalue weighted by Crippen LogP contribution is 2.30. The summed E-state index contributed by atoms with van der Waals surface area (Å²) in [5.74, 6) is 0.774. The van der Waals surface area contributed by atoms with Gasteiger partial charge >= 0.3 is 15.5 Å². The molecule has 0 saturated carbocycles. The molecule has 1 aliphatic heterocycles. The fourth-order valence-corrected chi connectivity index (χ4v) is 4.27. The van der Waals surface area contributed by atoms with Gasteiger partial charge in [-0.25, -0.2) is 8.42 Å². The molecule has 0 aromatic heterocycles. The number of piperidine rings is 1. The van der Waals surface area contributed by atoms with Gasteiger partial charge in [0.2, 0.25) is 0 Å². The minimum absolute atomic E-state index is 0. The third-order valence-corrected chi connectivity index (χ3v) is 6.70. The van der Waals surface area contributed by atoms with Crippen molar-refractivity contribution >= 4 is 40.0 Å². The molecule has 1 fully saturated rings. The first-order valence-electron chi connectivity index (χ1n) is 9.66. The average molecular weight is 562 g/mol. The second kappa shape index (κ2) is 11.5. The zero-order chi connectivity index (χ0) is 21.7. The van der Waals surface area contributed by atoms with Gasteiger partial charge in [-0.15, -0.1) is 24.0 Å². The molecule has 0 bridgehead atoms. The van der Waals surface area contributed by atoms with Crippen molar-refractivity contribution in [2.45, 2.75) is 38.7 Å². The number of hydrogen-bond donors (Lipinski definition) is 1. The Balaban J connectivity index is 0.00000450. The van der Waals surface area contributed by atoms with Crippen LogP contribution in [-0.4, -0.2) is 62.3 Å². The fraction of sp³-hybridized carbons (Fsp3) is 0.632. The van der Waals surface area contributed by atoms with Gasteiger partial charge in [0.25, 0.3) is 0 Å². The van der Waals surface area contributed by atoms with Crippen molar-refractivity contribution in [3.63, 3.8) is 0 Å². The van der Waals surface area contributed by atoms with E-state index in [0.717, 1.165) is 5.96 Å². The van der Waals surface area contributed by atoms with Crippen molar-refractivity contribution in [1.29, 1.82) is 0 Å². The van der Waals surface area contributed by atoms with E-state index in [-0.39, 0.29) is 43.0 Å². The molecule has 6 nitrogen and oxygen atoms in total. The quantitative estimate of drug-likeness (QED) is 0.327. The number of aryl methyl sites for hydroxylation is 1. The van der Waals surface area contributed by atoms with Gasteiger partial charge in [-0.3, -0.25) is 4.99 Å². The number of nitrogens with zero attached hydrogens (tertiary/aromatic N) is 3. The maximum Gasteiger partial charge on any atom is 0.511 e. The highest BCUT2D eigenvalue weighted by atomic mass is 127. The van der Waals surface area contributed by atoms with Crippen LogP contribution in [0.1, 0.15) is 30.9 Å². The Morgan fingerprint density at radius 1 is 1.27 bits per heavy atom. The summed E-state index contributed by atoms with van der Waals surface area (Å²) < 4.78 is 61.6. The molecular weight excluding hydrogens is 532 g/mol.